The third-order valence-corrected chi connectivity index (χ3v) is 6.34. The minimum absolute atomic E-state index is 0.00914. The topological polar surface area (TPSA) is 49.4 Å². The Morgan fingerprint density at radius 2 is 1.60 bits per heavy atom. The van der Waals surface area contributed by atoms with Gasteiger partial charge in [-0.25, -0.2) is 0 Å². The van der Waals surface area contributed by atoms with Crippen LogP contribution in [0.25, 0.3) is 11.1 Å². The van der Waals surface area contributed by atoms with Crippen LogP contribution >= 0.6 is 22.7 Å². The van der Waals surface area contributed by atoms with E-state index in [1.54, 1.807) is 23.3 Å². The summed E-state index contributed by atoms with van der Waals surface area (Å²) >= 11 is 3.09. The van der Waals surface area contributed by atoms with Gasteiger partial charge in [-0.15, -0.1) is 22.7 Å². The second-order valence-corrected chi connectivity index (χ2v) is 7.83. The molecule has 0 saturated heterocycles. The molecule has 0 spiro atoms. The number of likely N-dealkylation sites (N-methyl/N-ethyl adjacent to an activating group) is 1. The molecule has 25 heavy (non-hydrogen) atoms. The first-order chi connectivity index (χ1) is 12.1. The van der Waals surface area contributed by atoms with Gasteiger partial charge in [0.05, 0.1) is 16.8 Å². The molecule has 6 heteroatoms. The van der Waals surface area contributed by atoms with Gasteiger partial charge in [0.2, 0.25) is 0 Å². The van der Waals surface area contributed by atoms with E-state index >= 15 is 0 Å². The van der Waals surface area contributed by atoms with E-state index in [1.165, 1.54) is 11.3 Å². The first-order valence-corrected chi connectivity index (χ1v) is 9.51. The Labute approximate surface area is 151 Å². The molecule has 2 aliphatic heterocycles. The maximum atomic E-state index is 12.8. The van der Waals surface area contributed by atoms with Crippen molar-refractivity contribution in [2.45, 2.75) is 0 Å². The van der Waals surface area contributed by atoms with Crippen LogP contribution in [0.1, 0.15) is 9.75 Å². The van der Waals surface area contributed by atoms with Crippen LogP contribution < -0.4 is 20.7 Å². The second kappa shape index (κ2) is 5.15. The molecule has 5 rings (SSSR count). The first-order valence-electron chi connectivity index (χ1n) is 7.75. The zero-order valence-corrected chi connectivity index (χ0v) is 14.8. The summed E-state index contributed by atoms with van der Waals surface area (Å²) in [6, 6.07) is 11.7. The van der Waals surface area contributed by atoms with Crippen molar-refractivity contribution in [2.75, 3.05) is 17.3 Å². The Bertz CT molecular complexity index is 1160. The Morgan fingerprint density at radius 3 is 2.24 bits per heavy atom. The van der Waals surface area contributed by atoms with Crippen molar-refractivity contribution in [2.24, 2.45) is 0 Å². The predicted molar refractivity (Wildman–Crippen MR) is 101 cm³/mol. The van der Waals surface area contributed by atoms with Crippen LogP contribution in [0, 0.1) is 0 Å². The number of hydrogen-bond acceptors (Lipinski definition) is 4. The highest BCUT2D eigenvalue weighted by molar-refractivity contribution is 7.11. The Morgan fingerprint density at radius 1 is 0.920 bits per heavy atom. The molecule has 122 valence electrons. The molecule has 2 aliphatic rings. The third kappa shape index (κ3) is 1.98. The number of fused-ring (bicyclic) bond motifs is 2. The highest BCUT2D eigenvalue weighted by Gasteiger charge is 2.31. The zero-order valence-electron chi connectivity index (χ0n) is 13.2. The smallest absolute Gasteiger partial charge is 0.260 e. The van der Waals surface area contributed by atoms with Gasteiger partial charge < -0.3 is 10.2 Å². The number of benzene rings is 1. The fourth-order valence-electron chi connectivity index (χ4n) is 3.40. The van der Waals surface area contributed by atoms with Crippen molar-refractivity contribution in [1.29, 1.82) is 0 Å². The van der Waals surface area contributed by atoms with Gasteiger partial charge in [0.15, 0.2) is 0 Å². The maximum absolute atomic E-state index is 12.8. The number of anilines is 2. The van der Waals surface area contributed by atoms with E-state index in [1.807, 2.05) is 47.2 Å². The molecule has 4 nitrogen and oxygen atoms in total. The van der Waals surface area contributed by atoms with Crippen molar-refractivity contribution in [3.63, 3.8) is 0 Å². The minimum Gasteiger partial charge on any atom is -0.321 e. The van der Waals surface area contributed by atoms with E-state index in [2.05, 4.69) is 5.32 Å². The summed E-state index contributed by atoms with van der Waals surface area (Å²) in [4.78, 5) is 28.8. The summed E-state index contributed by atoms with van der Waals surface area (Å²) in [5.41, 5.74) is 2.99. The molecular formula is C19H12N2O2S2. The van der Waals surface area contributed by atoms with E-state index in [4.69, 9.17) is 0 Å². The Balaban J connectivity index is 1.86. The molecule has 0 atom stereocenters. The van der Waals surface area contributed by atoms with Crippen molar-refractivity contribution >= 4 is 57.0 Å². The monoisotopic (exact) mass is 364 g/mol. The van der Waals surface area contributed by atoms with Crippen LogP contribution in [-0.2, 0) is 9.59 Å². The SMILES string of the molecule is CN1C(=O)C(c2cccs2)=c2cc3c(cc21)=C(c1cccs1)C(=O)N3. The van der Waals surface area contributed by atoms with Crippen molar-refractivity contribution in [3.05, 3.63) is 67.3 Å². The summed E-state index contributed by atoms with van der Waals surface area (Å²) < 4.78 is 0. The Hall–Kier alpha value is -2.70. The van der Waals surface area contributed by atoms with Crippen LogP contribution in [-0.4, -0.2) is 18.9 Å². The lowest BCUT2D eigenvalue weighted by Crippen LogP contribution is -2.23. The largest absolute Gasteiger partial charge is 0.321 e. The van der Waals surface area contributed by atoms with Gasteiger partial charge in [-0.1, -0.05) is 12.1 Å². The molecule has 2 amide bonds. The van der Waals surface area contributed by atoms with Crippen molar-refractivity contribution in [1.82, 2.24) is 0 Å². The lowest BCUT2D eigenvalue weighted by Gasteiger charge is -2.11. The third-order valence-electron chi connectivity index (χ3n) is 4.56. The van der Waals surface area contributed by atoms with E-state index in [-0.39, 0.29) is 11.8 Å². The number of hydrogen-bond donors (Lipinski definition) is 1. The number of nitrogens with zero attached hydrogens (tertiary/aromatic N) is 1. The van der Waals surface area contributed by atoms with Crippen LogP contribution in [0.3, 0.4) is 0 Å². The van der Waals surface area contributed by atoms with E-state index in [0.717, 1.165) is 31.6 Å². The van der Waals surface area contributed by atoms with E-state index < -0.39 is 0 Å². The van der Waals surface area contributed by atoms with Crippen LogP contribution in [0.2, 0.25) is 0 Å². The van der Waals surface area contributed by atoms with Crippen LogP contribution in [0.15, 0.2) is 47.2 Å². The van der Waals surface area contributed by atoms with E-state index in [0.29, 0.717) is 11.1 Å². The lowest BCUT2D eigenvalue weighted by atomic mass is 10.1. The average molecular weight is 364 g/mol. The summed E-state index contributed by atoms with van der Waals surface area (Å²) in [7, 11) is 1.78. The van der Waals surface area contributed by atoms with Gasteiger partial charge in [0.1, 0.15) is 0 Å². The number of carbonyl (C=O) groups excluding carboxylic acids is 2. The molecule has 1 aromatic carbocycles. The summed E-state index contributed by atoms with van der Waals surface area (Å²) in [5.74, 6) is -0.0992. The molecule has 0 aliphatic carbocycles. The van der Waals surface area contributed by atoms with Gasteiger partial charge in [-0.2, -0.15) is 0 Å². The van der Waals surface area contributed by atoms with Crippen LogP contribution in [0.4, 0.5) is 11.4 Å². The maximum Gasteiger partial charge on any atom is 0.260 e. The summed E-state index contributed by atoms with van der Waals surface area (Å²) in [5, 5.41) is 8.61. The minimum atomic E-state index is -0.0900. The molecule has 0 fully saturated rings. The lowest BCUT2D eigenvalue weighted by molar-refractivity contribution is -0.113. The zero-order chi connectivity index (χ0) is 17.1. The molecule has 2 aromatic heterocycles. The van der Waals surface area contributed by atoms with Gasteiger partial charge in [0, 0.05) is 32.9 Å². The first kappa shape index (κ1) is 14.6. The highest BCUT2D eigenvalue weighted by atomic mass is 32.1. The number of rotatable bonds is 2. The highest BCUT2D eigenvalue weighted by Crippen LogP contribution is 2.29. The molecular weight excluding hydrogens is 352 g/mol. The van der Waals surface area contributed by atoms with Gasteiger partial charge in [-0.3, -0.25) is 9.59 Å². The average Bonchev–Trinajstić information content (AvgIpc) is 3.35. The molecule has 0 saturated carbocycles. The Kier molecular flexibility index (Phi) is 3.01. The van der Waals surface area contributed by atoms with Crippen molar-refractivity contribution < 1.29 is 9.59 Å². The normalized spacial score (nSPS) is 15.6. The van der Waals surface area contributed by atoms with Crippen molar-refractivity contribution in [3.8, 4) is 0 Å². The van der Waals surface area contributed by atoms with Crippen LogP contribution in [0.5, 0.6) is 0 Å². The number of carbonyl (C=O) groups is 2. The predicted octanol–water partition coefficient (Wildman–Crippen LogP) is 2.14. The standard InChI is InChI=1S/C19H12N2O2S2/c1-21-13-9-10-12(20-18(22)16(10)14-4-2-6-24-14)8-11(13)17(19(21)23)15-5-3-7-25-15/h2-9H,1H3,(H,20,22). The molecule has 3 aromatic rings. The number of thiophene rings is 2. The molecule has 0 radical (unpaired) electrons. The molecule has 0 bridgehead atoms. The number of amides is 2. The fraction of sp³-hybridized carbons (Fsp3) is 0.0526. The van der Waals surface area contributed by atoms with E-state index in [9.17, 15) is 9.59 Å². The summed E-state index contributed by atoms with van der Waals surface area (Å²) in [6.45, 7) is 0. The molecule has 4 heterocycles. The van der Waals surface area contributed by atoms with Gasteiger partial charge in [-0.05, 0) is 35.0 Å². The molecule has 1 N–H and O–H groups in total. The quantitative estimate of drug-likeness (QED) is 0.757. The summed E-state index contributed by atoms with van der Waals surface area (Å²) in [6.07, 6.45) is 0. The van der Waals surface area contributed by atoms with Gasteiger partial charge >= 0.3 is 0 Å². The fourth-order valence-corrected chi connectivity index (χ4v) is 4.96. The number of nitrogens with one attached hydrogen (secondary N) is 1. The molecule has 0 unspecified atom stereocenters. The second-order valence-electron chi connectivity index (χ2n) is 5.94. The van der Waals surface area contributed by atoms with Gasteiger partial charge in [0.25, 0.3) is 11.8 Å².